The van der Waals surface area contributed by atoms with Crippen molar-refractivity contribution < 1.29 is 29.0 Å². The quantitative estimate of drug-likeness (QED) is 0.702. The molecule has 1 unspecified atom stereocenters. The monoisotopic (exact) mass is 302 g/mol. The van der Waals surface area contributed by atoms with Crippen LogP contribution in [0.2, 0.25) is 0 Å². The summed E-state index contributed by atoms with van der Waals surface area (Å²) in [5, 5.41) is 8.58. The molecule has 1 aliphatic rings. The summed E-state index contributed by atoms with van der Waals surface area (Å²) < 4.78 is 10.0. The molecule has 1 heterocycles. The lowest BCUT2D eigenvalue weighted by Crippen LogP contribution is -2.50. The van der Waals surface area contributed by atoms with E-state index in [-0.39, 0.29) is 30.9 Å². The van der Waals surface area contributed by atoms with Crippen LogP contribution in [-0.4, -0.2) is 79.4 Å². The maximum Gasteiger partial charge on any atom is 0.319 e. The van der Waals surface area contributed by atoms with E-state index in [1.54, 1.807) is 11.9 Å². The minimum absolute atomic E-state index is 0.0334. The van der Waals surface area contributed by atoms with Gasteiger partial charge in [-0.05, 0) is 6.42 Å². The van der Waals surface area contributed by atoms with E-state index < -0.39 is 5.97 Å². The number of amides is 2. The highest BCUT2D eigenvalue weighted by molar-refractivity contribution is 5.75. The molecular weight excluding hydrogens is 280 g/mol. The first-order chi connectivity index (χ1) is 9.93. The largest absolute Gasteiger partial charge is 0.481 e. The van der Waals surface area contributed by atoms with Gasteiger partial charge in [-0.15, -0.1) is 0 Å². The highest BCUT2D eigenvalue weighted by atomic mass is 16.5. The van der Waals surface area contributed by atoms with Gasteiger partial charge in [0, 0.05) is 33.1 Å². The second-order valence-electron chi connectivity index (χ2n) is 4.92. The molecule has 1 rings (SSSR count). The van der Waals surface area contributed by atoms with Crippen LogP contribution in [0.25, 0.3) is 0 Å². The molecule has 1 N–H and O–H groups in total. The van der Waals surface area contributed by atoms with Crippen molar-refractivity contribution in [3.8, 4) is 0 Å². The molecule has 0 aromatic carbocycles. The molecule has 0 aromatic rings. The maximum atomic E-state index is 12.2. The Morgan fingerprint density at radius 3 is 2.76 bits per heavy atom. The fourth-order valence-electron chi connectivity index (χ4n) is 2.09. The molecule has 0 saturated carbocycles. The van der Waals surface area contributed by atoms with Gasteiger partial charge in [-0.3, -0.25) is 9.59 Å². The Labute approximate surface area is 123 Å². The standard InChI is InChI=1S/C13H22N2O6/c1-14(5-3-4-11(16)17)13(19)15-6-7-21-10(9-15)8-12(18)20-2/h10H,3-9H2,1-2H3,(H,16,17). The number of carbonyl (C=O) groups is 3. The summed E-state index contributed by atoms with van der Waals surface area (Å²) >= 11 is 0. The number of aliphatic carboxylic acids is 1. The summed E-state index contributed by atoms with van der Waals surface area (Å²) in [7, 11) is 2.94. The zero-order valence-electron chi connectivity index (χ0n) is 12.4. The van der Waals surface area contributed by atoms with Gasteiger partial charge in [0.05, 0.1) is 26.2 Å². The van der Waals surface area contributed by atoms with Crippen LogP contribution in [0.1, 0.15) is 19.3 Å². The van der Waals surface area contributed by atoms with Gasteiger partial charge in [-0.25, -0.2) is 4.79 Å². The third-order valence-corrected chi connectivity index (χ3v) is 3.24. The molecule has 1 fully saturated rings. The number of carboxylic acids is 1. The number of nitrogens with zero attached hydrogens (tertiary/aromatic N) is 2. The van der Waals surface area contributed by atoms with Crippen LogP contribution in [0.4, 0.5) is 4.79 Å². The molecule has 0 bridgehead atoms. The van der Waals surface area contributed by atoms with Crippen LogP contribution in [0.3, 0.4) is 0 Å². The number of morpholine rings is 1. The third kappa shape index (κ3) is 5.99. The number of rotatable bonds is 6. The number of hydrogen-bond acceptors (Lipinski definition) is 5. The van der Waals surface area contributed by atoms with Gasteiger partial charge in [0.15, 0.2) is 0 Å². The molecule has 0 radical (unpaired) electrons. The minimum atomic E-state index is -0.875. The molecule has 21 heavy (non-hydrogen) atoms. The molecule has 120 valence electrons. The number of methoxy groups -OCH3 is 1. The van der Waals surface area contributed by atoms with Crippen molar-refractivity contribution in [1.82, 2.24) is 9.80 Å². The smallest absolute Gasteiger partial charge is 0.319 e. The van der Waals surface area contributed by atoms with Gasteiger partial charge in [0.1, 0.15) is 0 Å². The van der Waals surface area contributed by atoms with Crippen LogP contribution in [0, 0.1) is 0 Å². The Kier molecular flexibility index (Phi) is 6.93. The third-order valence-electron chi connectivity index (χ3n) is 3.24. The van der Waals surface area contributed by atoms with Gasteiger partial charge in [0.25, 0.3) is 0 Å². The van der Waals surface area contributed by atoms with Gasteiger partial charge in [0.2, 0.25) is 0 Å². The normalized spacial score (nSPS) is 18.2. The maximum absolute atomic E-state index is 12.2. The summed E-state index contributed by atoms with van der Waals surface area (Å²) in [6, 6.07) is -0.182. The number of urea groups is 1. The second-order valence-corrected chi connectivity index (χ2v) is 4.92. The molecule has 8 nitrogen and oxygen atoms in total. The summed E-state index contributed by atoms with van der Waals surface area (Å²) in [4.78, 5) is 37.0. The van der Waals surface area contributed by atoms with Crippen molar-refractivity contribution in [2.75, 3.05) is 40.4 Å². The number of carbonyl (C=O) groups excluding carboxylic acids is 2. The topological polar surface area (TPSA) is 96.4 Å². The van der Waals surface area contributed by atoms with Crippen molar-refractivity contribution >= 4 is 18.0 Å². The molecule has 2 amide bonds. The molecule has 0 aromatic heterocycles. The van der Waals surface area contributed by atoms with Crippen LogP contribution >= 0.6 is 0 Å². The number of ether oxygens (including phenoxy) is 2. The first-order valence-corrected chi connectivity index (χ1v) is 6.84. The number of esters is 1. The molecule has 1 atom stereocenters. The fourth-order valence-corrected chi connectivity index (χ4v) is 2.09. The van der Waals surface area contributed by atoms with Crippen LogP contribution in [0.15, 0.2) is 0 Å². The summed E-state index contributed by atoms with van der Waals surface area (Å²) in [6.07, 6.45) is 0.199. The number of hydrogen-bond donors (Lipinski definition) is 1. The molecule has 1 aliphatic heterocycles. The van der Waals surface area contributed by atoms with Crippen molar-refractivity contribution in [3.63, 3.8) is 0 Å². The van der Waals surface area contributed by atoms with Crippen molar-refractivity contribution in [3.05, 3.63) is 0 Å². The van der Waals surface area contributed by atoms with Gasteiger partial charge in [-0.1, -0.05) is 0 Å². The summed E-state index contributed by atoms with van der Waals surface area (Å²) in [5.74, 6) is -1.25. The Morgan fingerprint density at radius 2 is 2.14 bits per heavy atom. The van der Waals surface area contributed by atoms with E-state index in [2.05, 4.69) is 4.74 Å². The predicted octanol–water partition coefficient (Wildman–Crippen LogP) is 0.167. The van der Waals surface area contributed by atoms with E-state index >= 15 is 0 Å². The second kappa shape index (κ2) is 8.46. The zero-order valence-corrected chi connectivity index (χ0v) is 12.4. The fraction of sp³-hybridized carbons (Fsp3) is 0.769. The molecule has 1 saturated heterocycles. The van der Waals surface area contributed by atoms with E-state index in [1.807, 2.05) is 0 Å². The van der Waals surface area contributed by atoms with E-state index in [9.17, 15) is 14.4 Å². The average Bonchev–Trinajstić information content (AvgIpc) is 2.46. The van der Waals surface area contributed by atoms with Crippen LogP contribution in [-0.2, 0) is 19.1 Å². The van der Waals surface area contributed by atoms with Crippen molar-refractivity contribution in [2.45, 2.75) is 25.4 Å². The Balaban J connectivity index is 2.41. The van der Waals surface area contributed by atoms with Crippen LogP contribution < -0.4 is 0 Å². The van der Waals surface area contributed by atoms with Gasteiger partial charge in [-0.2, -0.15) is 0 Å². The molecular formula is C13H22N2O6. The van der Waals surface area contributed by atoms with E-state index in [0.717, 1.165) is 0 Å². The van der Waals surface area contributed by atoms with E-state index in [4.69, 9.17) is 9.84 Å². The van der Waals surface area contributed by atoms with Crippen LogP contribution in [0.5, 0.6) is 0 Å². The lowest BCUT2D eigenvalue weighted by molar-refractivity contribution is -0.145. The molecule has 8 heteroatoms. The lowest BCUT2D eigenvalue weighted by atomic mass is 10.2. The van der Waals surface area contributed by atoms with Gasteiger partial charge >= 0.3 is 18.0 Å². The predicted molar refractivity (Wildman–Crippen MR) is 72.8 cm³/mol. The Morgan fingerprint density at radius 1 is 1.43 bits per heavy atom. The summed E-state index contributed by atoms with van der Waals surface area (Å²) in [6.45, 7) is 1.54. The molecule has 0 aliphatic carbocycles. The highest BCUT2D eigenvalue weighted by Crippen LogP contribution is 2.11. The van der Waals surface area contributed by atoms with Crippen molar-refractivity contribution in [2.24, 2.45) is 0 Å². The van der Waals surface area contributed by atoms with E-state index in [0.29, 0.717) is 32.7 Å². The highest BCUT2D eigenvalue weighted by Gasteiger charge is 2.27. The number of carboxylic acid groups (broad SMARTS) is 1. The lowest BCUT2D eigenvalue weighted by Gasteiger charge is -2.35. The zero-order chi connectivity index (χ0) is 15.8. The Hall–Kier alpha value is -1.83. The van der Waals surface area contributed by atoms with Gasteiger partial charge < -0.3 is 24.4 Å². The Bertz CT molecular complexity index is 387. The SMILES string of the molecule is COC(=O)CC1CN(C(=O)N(C)CCCC(=O)O)CCO1. The molecule has 0 spiro atoms. The first kappa shape index (κ1) is 17.2. The van der Waals surface area contributed by atoms with E-state index in [1.165, 1.54) is 12.0 Å². The van der Waals surface area contributed by atoms with Crippen molar-refractivity contribution in [1.29, 1.82) is 0 Å². The minimum Gasteiger partial charge on any atom is -0.481 e. The first-order valence-electron chi connectivity index (χ1n) is 6.84. The summed E-state index contributed by atoms with van der Waals surface area (Å²) in [5.41, 5.74) is 0. The average molecular weight is 302 g/mol.